The Morgan fingerprint density at radius 2 is 1.00 bits per heavy atom. The van der Waals surface area contributed by atoms with Crippen LogP contribution in [0.5, 0.6) is 11.5 Å². The van der Waals surface area contributed by atoms with E-state index in [0.717, 1.165) is 35.1 Å². The lowest BCUT2D eigenvalue weighted by atomic mass is 9.78. The molecule has 0 aromatic heterocycles. The Bertz CT molecular complexity index is 794. The van der Waals surface area contributed by atoms with Crippen LogP contribution < -0.4 is 0 Å². The van der Waals surface area contributed by atoms with Crippen molar-refractivity contribution >= 4 is 0 Å². The number of phenolic OH excluding ortho intramolecular Hbond substituents is 2. The second-order valence-electron chi connectivity index (χ2n) is 9.27. The van der Waals surface area contributed by atoms with Crippen molar-refractivity contribution in [3.05, 3.63) is 57.6 Å². The Morgan fingerprint density at radius 1 is 0.655 bits per heavy atom. The highest BCUT2D eigenvalue weighted by Crippen LogP contribution is 2.41. The molecule has 2 rings (SSSR count). The number of rotatable bonds is 8. The molecule has 0 spiro atoms. The van der Waals surface area contributed by atoms with Crippen LogP contribution in [-0.4, -0.2) is 20.4 Å². The van der Waals surface area contributed by atoms with Gasteiger partial charge in [-0.15, -0.1) is 0 Å². The molecular weight excluding hydrogens is 364 g/mol. The van der Waals surface area contributed by atoms with E-state index in [-0.39, 0.29) is 35.5 Å². The number of hydrogen-bond acceptors (Lipinski definition) is 4. The number of benzene rings is 2. The molecule has 0 radical (unpaired) electrons. The number of hydrogen-bond donors (Lipinski definition) is 4. The summed E-state index contributed by atoms with van der Waals surface area (Å²) in [5.74, 6) is 0.415. The summed E-state index contributed by atoms with van der Waals surface area (Å²) in [5.41, 5.74) is 3.92. The van der Waals surface area contributed by atoms with Crippen LogP contribution >= 0.6 is 0 Å². The summed E-state index contributed by atoms with van der Waals surface area (Å²) in [4.78, 5) is 0. The summed E-state index contributed by atoms with van der Waals surface area (Å²) in [6.07, 6.45) is 2.00. The first kappa shape index (κ1) is 23.2. The largest absolute Gasteiger partial charge is 0.507 e. The summed E-state index contributed by atoms with van der Waals surface area (Å²) in [6.45, 7) is 12.2. The van der Waals surface area contributed by atoms with E-state index in [2.05, 4.69) is 41.5 Å². The molecule has 2 aromatic rings. The third-order valence-corrected chi connectivity index (χ3v) is 6.47. The Balaban J connectivity index is 2.65. The molecular formula is C25H36O4. The Morgan fingerprint density at radius 3 is 1.28 bits per heavy atom. The summed E-state index contributed by atoms with van der Waals surface area (Å²) in [5, 5.41) is 41.5. The lowest BCUT2D eigenvalue weighted by Gasteiger charge is -2.28. The van der Waals surface area contributed by atoms with Crippen LogP contribution in [0.3, 0.4) is 0 Å². The molecule has 4 N–H and O–H groups in total. The maximum atomic E-state index is 11.0. The Hall–Kier alpha value is -2.04. The van der Waals surface area contributed by atoms with Crippen LogP contribution in [0.25, 0.3) is 0 Å². The van der Waals surface area contributed by atoms with Crippen LogP contribution in [0.1, 0.15) is 87.8 Å². The third-order valence-electron chi connectivity index (χ3n) is 6.47. The third kappa shape index (κ3) is 4.76. The fourth-order valence-electron chi connectivity index (χ4n) is 3.59. The molecule has 0 unspecified atom stereocenters. The van der Waals surface area contributed by atoms with Gasteiger partial charge in [-0.1, -0.05) is 41.5 Å². The first-order valence-electron chi connectivity index (χ1n) is 10.4. The summed E-state index contributed by atoms with van der Waals surface area (Å²) in [6, 6.07) is 7.30. The molecule has 29 heavy (non-hydrogen) atoms. The van der Waals surface area contributed by atoms with E-state index >= 15 is 0 Å². The second-order valence-corrected chi connectivity index (χ2v) is 9.27. The lowest BCUT2D eigenvalue weighted by molar-refractivity contribution is 0.281. The SMILES string of the molecule is CCC(C)(C)c1cc(CO)cc(Cc2cc(CO)cc(C(C)(C)CC)c2O)c1O. The van der Waals surface area contributed by atoms with Crippen LogP contribution in [0, 0.1) is 0 Å². The summed E-state index contributed by atoms with van der Waals surface area (Å²) in [7, 11) is 0. The average molecular weight is 401 g/mol. The van der Waals surface area contributed by atoms with E-state index in [1.807, 2.05) is 12.1 Å². The zero-order valence-electron chi connectivity index (χ0n) is 18.6. The van der Waals surface area contributed by atoms with Gasteiger partial charge in [0.1, 0.15) is 11.5 Å². The van der Waals surface area contributed by atoms with E-state index in [9.17, 15) is 20.4 Å². The molecule has 0 heterocycles. The predicted molar refractivity (Wildman–Crippen MR) is 117 cm³/mol. The first-order chi connectivity index (χ1) is 13.5. The molecule has 0 aliphatic carbocycles. The fourth-order valence-corrected chi connectivity index (χ4v) is 3.59. The molecule has 0 atom stereocenters. The molecule has 2 aromatic carbocycles. The highest BCUT2D eigenvalue weighted by molar-refractivity contribution is 5.53. The van der Waals surface area contributed by atoms with Gasteiger partial charge in [0.05, 0.1) is 13.2 Å². The van der Waals surface area contributed by atoms with Gasteiger partial charge in [-0.3, -0.25) is 0 Å². The maximum Gasteiger partial charge on any atom is 0.122 e. The Kier molecular flexibility index (Phi) is 7.02. The molecule has 0 amide bonds. The van der Waals surface area contributed by atoms with E-state index in [1.165, 1.54) is 0 Å². The van der Waals surface area contributed by atoms with Gasteiger partial charge in [-0.05, 0) is 70.2 Å². The van der Waals surface area contributed by atoms with Crippen LogP contribution in [0.2, 0.25) is 0 Å². The first-order valence-corrected chi connectivity index (χ1v) is 10.4. The second kappa shape index (κ2) is 8.76. The van der Waals surface area contributed by atoms with Gasteiger partial charge < -0.3 is 20.4 Å². The van der Waals surface area contributed by atoms with Crippen molar-refractivity contribution in [1.29, 1.82) is 0 Å². The standard InChI is InChI=1S/C25H36O4/c1-7-24(3,4)20-11-16(14-26)9-18(22(20)28)13-19-10-17(15-27)12-21(23(19)29)25(5,6)8-2/h9-12,26-29H,7-8,13-15H2,1-6H3. The minimum atomic E-state index is -0.242. The van der Waals surface area contributed by atoms with E-state index in [1.54, 1.807) is 12.1 Å². The normalized spacial score (nSPS) is 12.4. The lowest BCUT2D eigenvalue weighted by Crippen LogP contribution is -2.18. The molecule has 0 saturated heterocycles. The monoisotopic (exact) mass is 400 g/mol. The summed E-state index contributed by atoms with van der Waals surface area (Å²) >= 11 is 0. The van der Waals surface area contributed by atoms with Gasteiger partial charge in [-0.25, -0.2) is 0 Å². The zero-order chi connectivity index (χ0) is 22.0. The zero-order valence-corrected chi connectivity index (χ0v) is 18.6. The minimum Gasteiger partial charge on any atom is -0.507 e. The average Bonchev–Trinajstić information content (AvgIpc) is 2.70. The molecule has 0 bridgehead atoms. The molecule has 0 aliphatic rings. The topological polar surface area (TPSA) is 80.9 Å². The fraction of sp³-hybridized carbons (Fsp3) is 0.520. The van der Waals surface area contributed by atoms with Crippen LogP contribution in [0.4, 0.5) is 0 Å². The maximum absolute atomic E-state index is 11.0. The van der Waals surface area contributed by atoms with Crippen molar-refractivity contribution in [2.45, 2.75) is 84.8 Å². The van der Waals surface area contributed by atoms with Gasteiger partial charge in [0, 0.05) is 17.5 Å². The smallest absolute Gasteiger partial charge is 0.122 e. The van der Waals surface area contributed by atoms with Gasteiger partial charge in [0.25, 0.3) is 0 Å². The van der Waals surface area contributed by atoms with Crippen molar-refractivity contribution in [3.63, 3.8) is 0 Å². The number of aliphatic hydroxyl groups is 2. The van der Waals surface area contributed by atoms with Crippen LogP contribution in [-0.2, 0) is 30.5 Å². The highest BCUT2D eigenvalue weighted by atomic mass is 16.3. The number of aliphatic hydroxyl groups excluding tert-OH is 2. The molecule has 0 saturated carbocycles. The summed E-state index contributed by atoms with van der Waals surface area (Å²) < 4.78 is 0. The molecule has 160 valence electrons. The molecule has 4 heteroatoms. The predicted octanol–water partition coefficient (Wildman–Crippen LogP) is 5.05. The van der Waals surface area contributed by atoms with Gasteiger partial charge >= 0.3 is 0 Å². The highest BCUT2D eigenvalue weighted by Gasteiger charge is 2.27. The minimum absolute atomic E-state index is 0.114. The van der Waals surface area contributed by atoms with E-state index in [4.69, 9.17) is 0 Å². The van der Waals surface area contributed by atoms with E-state index < -0.39 is 0 Å². The van der Waals surface area contributed by atoms with Crippen LogP contribution in [0.15, 0.2) is 24.3 Å². The van der Waals surface area contributed by atoms with Crippen molar-refractivity contribution in [1.82, 2.24) is 0 Å². The number of phenols is 2. The van der Waals surface area contributed by atoms with Gasteiger partial charge in [0.2, 0.25) is 0 Å². The van der Waals surface area contributed by atoms with Gasteiger partial charge in [-0.2, -0.15) is 0 Å². The Labute approximate surface area is 174 Å². The van der Waals surface area contributed by atoms with E-state index in [0.29, 0.717) is 17.5 Å². The van der Waals surface area contributed by atoms with Crippen molar-refractivity contribution < 1.29 is 20.4 Å². The molecule has 0 aliphatic heterocycles. The van der Waals surface area contributed by atoms with Crippen molar-refractivity contribution in [2.24, 2.45) is 0 Å². The van der Waals surface area contributed by atoms with Crippen molar-refractivity contribution in [2.75, 3.05) is 0 Å². The van der Waals surface area contributed by atoms with Crippen molar-refractivity contribution in [3.8, 4) is 11.5 Å². The van der Waals surface area contributed by atoms with Gasteiger partial charge in [0.15, 0.2) is 0 Å². The molecule has 4 nitrogen and oxygen atoms in total. The quantitative estimate of drug-likeness (QED) is 0.500. The number of aromatic hydroxyl groups is 2. The molecule has 0 fully saturated rings.